The van der Waals surface area contributed by atoms with Crippen molar-refractivity contribution in [2.45, 2.75) is 44.2 Å². The highest BCUT2D eigenvalue weighted by atomic mass is 16.4. The molecular formula is C9H16N2O3. The van der Waals surface area contributed by atoms with Crippen LogP contribution in [0.15, 0.2) is 0 Å². The Morgan fingerprint density at radius 3 is 2.29 bits per heavy atom. The second-order valence-electron chi connectivity index (χ2n) is 3.87. The first-order valence-electron chi connectivity index (χ1n) is 4.79. The van der Waals surface area contributed by atoms with Crippen molar-refractivity contribution in [1.29, 1.82) is 0 Å². The van der Waals surface area contributed by atoms with Crippen molar-refractivity contribution in [2.75, 3.05) is 0 Å². The van der Waals surface area contributed by atoms with Crippen LogP contribution in [0.3, 0.4) is 0 Å². The smallest absolute Gasteiger partial charge is 0.329 e. The average molecular weight is 200 g/mol. The molecule has 0 heterocycles. The highest BCUT2D eigenvalue weighted by Gasteiger charge is 2.42. The highest BCUT2D eigenvalue weighted by molar-refractivity contribution is 5.89. The van der Waals surface area contributed by atoms with Gasteiger partial charge in [0.15, 0.2) is 0 Å². The Balaban J connectivity index is 2.70. The van der Waals surface area contributed by atoms with E-state index in [1.165, 1.54) is 0 Å². The number of nitrogens with two attached hydrogens (primary N) is 1. The monoisotopic (exact) mass is 200 g/mol. The van der Waals surface area contributed by atoms with Crippen LogP contribution in [0.5, 0.6) is 0 Å². The topological polar surface area (TPSA) is 92.4 Å². The number of carboxylic acids is 1. The lowest BCUT2D eigenvalue weighted by molar-refractivity contribution is -0.147. The number of amides is 1. The summed E-state index contributed by atoms with van der Waals surface area (Å²) >= 11 is 0. The Bertz CT molecular complexity index is 244. The van der Waals surface area contributed by atoms with E-state index in [9.17, 15) is 9.59 Å². The van der Waals surface area contributed by atoms with Crippen LogP contribution in [0.2, 0.25) is 0 Å². The molecule has 1 amide bonds. The molecule has 5 nitrogen and oxygen atoms in total. The quantitative estimate of drug-likeness (QED) is 0.590. The van der Waals surface area contributed by atoms with E-state index in [1.807, 2.05) is 0 Å². The lowest BCUT2D eigenvalue weighted by Crippen LogP contribution is -2.56. The van der Waals surface area contributed by atoms with Crippen molar-refractivity contribution >= 4 is 11.9 Å². The van der Waals surface area contributed by atoms with E-state index in [0.717, 1.165) is 12.8 Å². The molecule has 1 aliphatic carbocycles. The van der Waals surface area contributed by atoms with E-state index in [0.29, 0.717) is 12.8 Å². The lowest BCUT2D eigenvalue weighted by atomic mass is 9.97. The number of nitrogens with one attached hydrogen (secondary N) is 1. The average Bonchev–Trinajstić information content (AvgIpc) is 2.53. The van der Waals surface area contributed by atoms with E-state index in [-0.39, 0.29) is 0 Å². The Hall–Kier alpha value is -1.10. The van der Waals surface area contributed by atoms with E-state index < -0.39 is 23.5 Å². The third-order valence-corrected chi connectivity index (χ3v) is 2.64. The Kier molecular flexibility index (Phi) is 3.10. The predicted octanol–water partition coefficient (Wildman–Crippen LogP) is -0.153. The zero-order chi connectivity index (χ0) is 10.8. The van der Waals surface area contributed by atoms with Crippen molar-refractivity contribution in [3.05, 3.63) is 0 Å². The second-order valence-corrected chi connectivity index (χ2v) is 3.87. The fraction of sp³-hybridized carbons (Fsp3) is 0.778. The van der Waals surface area contributed by atoms with Gasteiger partial charge in [0.05, 0.1) is 6.04 Å². The van der Waals surface area contributed by atoms with Gasteiger partial charge in [-0.2, -0.15) is 0 Å². The van der Waals surface area contributed by atoms with Crippen molar-refractivity contribution in [3.8, 4) is 0 Å². The maximum atomic E-state index is 11.3. The summed E-state index contributed by atoms with van der Waals surface area (Å²) in [6.45, 7) is 1.54. The number of rotatable bonds is 3. The van der Waals surface area contributed by atoms with Gasteiger partial charge in [0.1, 0.15) is 5.54 Å². The summed E-state index contributed by atoms with van der Waals surface area (Å²) in [5.74, 6) is -1.35. The molecule has 1 fully saturated rings. The summed E-state index contributed by atoms with van der Waals surface area (Å²) in [6.07, 6.45) is 2.68. The molecule has 0 spiro atoms. The first-order valence-corrected chi connectivity index (χ1v) is 4.79. The molecule has 0 aromatic rings. The van der Waals surface area contributed by atoms with Gasteiger partial charge in [0.25, 0.3) is 0 Å². The summed E-state index contributed by atoms with van der Waals surface area (Å²) in [7, 11) is 0. The van der Waals surface area contributed by atoms with Crippen LogP contribution in [0.4, 0.5) is 0 Å². The molecular weight excluding hydrogens is 184 g/mol. The van der Waals surface area contributed by atoms with Gasteiger partial charge in [-0.1, -0.05) is 12.8 Å². The highest BCUT2D eigenvalue weighted by Crippen LogP contribution is 2.29. The van der Waals surface area contributed by atoms with Crippen LogP contribution in [-0.2, 0) is 9.59 Å². The van der Waals surface area contributed by atoms with Gasteiger partial charge in [-0.15, -0.1) is 0 Å². The molecule has 0 unspecified atom stereocenters. The minimum atomic E-state index is -1.06. The van der Waals surface area contributed by atoms with Crippen LogP contribution >= 0.6 is 0 Å². The molecule has 14 heavy (non-hydrogen) atoms. The van der Waals surface area contributed by atoms with Crippen LogP contribution in [0.1, 0.15) is 32.6 Å². The first-order chi connectivity index (χ1) is 6.48. The largest absolute Gasteiger partial charge is 0.480 e. The number of aliphatic carboxylic acids is 1. The van der Waals surface area contributed by atoms with Gasteiger partial charge in [-0.05, 0) is 19.8 Å². The third kappa shape index (κ3) is 2.04. The maximum absolute atomic E-state index is 11.3. The minimum Gasteiger partial charge on any atom is -0.480 e. The van der Waals surface area contributed by atoms with Crippen molar-refractivity contribution in [3.63, 3.8) is 0 Å². The van der Waals surface area contributed by atoms with Crippen LogP contribution in [0, 0.1) is 0 Å². The molecule has 0 aliphatic heterocycles. The minimum absolute atomic E-state index is 0.394. The first kappa shape index (κ1) is 11.0. The molecule has 0 aromatic carbocycles. The Labute approximate surface area is 82.7 Å². The van der Waals surface area contributed by atoms with E-state index >= 15 is 0 Å². The summed E-state index contributed by atoms with van der Waals surface area (Å²) in [4.78, 5) is 22.3. The van der Waals surface area contributed by atoms with E-state index in [2.05, 4.69) is 5.32 Å². The second kappa shape index (κ2) is 3.96. The molecule has 0 saturated heterocycles. The predicted molar refractivity (Wildman–Crippen MR) is 50.6 cm³/mol. The lowest BCUT2D eigenvalue weighted by Gasteiger charge is -2.26. The van der Waals surface area contributed by atoms with Gasteiger partial charge < -0.3 is 16.2 Å². The number of carbonyl (C=O) groups is 2. The van der Waals surface area contributed by atoms with Gasteiger partial charge in [0.2, 0.25) is 5.91 Å². The number of carbonyl (C=O) groups excluding carboxylic acids is 1. The van der Waals surface area contributed by atoms with Gasteiger partial charge in [-0.25, -0.2) is 4.79 Å². The van der Waals surface area contributed by atoms with E-state index in [1.54, 1.807) is 6.92 Å². The third-order valence-electron chi connectivity index (χ3n) is 2.64. The summed E-state index contributed by atoms with van der Waals surface area (Å²) in [6, 6.07) is -0.660. The molecule has 0 radical (unpaired) electrons. The maximum Gasteiger partial charge on any atom is 0.329 e. The summed E-state index contributed by atoms with van der Waals surface area (Å²) in [5, 5.41) is 11.6. The number of hydrogen-bond donors (Lipinski definition) is 3. The summed E-state index contributed by atoms with van der Waals surface area (Å²) in [5.41, 5.74) is 4.30. The standard InChI is InChI=1S/C9H16N2O3/c1-6(10)7(12)11-9(8(13)14)4-2-3-5-9/h6H,2-5,10H2,1H3,(H,11,12)(H,13,14)/t6-/m1/s1. The normalized spacial score (nSPS) is 21.6. The van der Waals surface area contributed by atoms with Crippen molar-refractivity contribution in [2.24, 2.45) is 5.73 Å². The zero-order valence-corrected chi connectivity index (χ0v) is 8.25. The fourth-order valence-electron chi connectivity index (χ4n) is 1.72. The molecule has 5 heteroatoms. The molecule has 80 valence electrons. The van der Waals surface area contributed by atoms with Crippen molar-refractivity contribution < 1.29 is 14.7 Å². The van der Waals surface area contributed by atoms with Crippen molar-refractivity contribution in [1.82, 2.24) is 5.32 Å². The summed E-state index contributed by atoms with van der Waals surface area (Å²) < 4.78 is 0. The van der Waals surface area contributed by atoms with Crippen LogP contribution < -0.4 is 11.1 Å². The molecule has 1 atom stereocenters. The molecule has 0 aromatic heterocycles. The molecule has 0 bridgehead atoms. The van der Waals surface area contributed by atoms with Crippen LogP contribution in [-0.4, -0.2) is 28.6 Å². The molecule has 1 saturated carbocycles. The molecule has 4 N–H and O–H groups in total. The van der Waals surface area contributed by atoms with E-state index in [4.69, 9.17) is 10.8 Å². The van der Waals surface area contributed by atoms with Gasteiger partial charge in [0, 0.05) is 0 Å². The zero-order valence-electron chi connectivity index (χ0n) is 8.25. The SMILES string of the molecule is C[C@@H](N)C(=O)NC1(C(=O)O)CCCC1. The number of hydrogen-bond acceptors (Lipinski definition) is 3. The Morgan fingerprint density at radius 2 is 1.93 bits per heavy atom. The van der Waals surface area contributed by atoms with Gasteiger partial charge in [-0.3, -0.25) is 4.79 Å². The van der Waals surface area contributed by atoms with Crippen LogP contribution in [0.25, 0.3) is 0 Å². The molecule has 1 rings (SSSR count). The Morgan fingerprint density at radius 1 is 1.43 bits per heavy atom. The number of carboxylic acid groups (broad SMARTS) is 1. The molecule has 1 aliphatic rings. The van der Waals surface area contributed by atoms with Gasteiger partial charge >= 0.3 is 5.97 Å². The fourth-order valence-corrected chi connectivity index (χ4v) is 1.72.